The number of hydrogen-bond acceptors (Lipinski definition) is 1. The van der Waals surface area contributed by atoms with E-state index >= 15 is 0 Å². The van der Waals surface area contributed by atoms with E-state index in [1.54, 1.807) is 0 Å². The maximum Gasteiger partial charge on any atom is 0.0462 e. The van der Waals surface area contributed by atoms with Gasteiger partial charge in [0.1, 0.15) is 0 Å². The predicted molar refractivity (Wildman–Crippen MR) is 310 cm³/mol. The monoisotopic (exact) mass is 933 g/mol. The third-order valence-electron chi connectivity index (χ3n) is 13.7. The van der Waals surface area contributed by atoms with E-state index in [9.17, 15) is 0 Å². The zero-order valence-electron chi connectivity index (χ0n) is 41.0. The summed E-state index contributed by atoms with van der Waals surface area (Å²) >= 11 is 0. The number of rotatable bonds is 14. The molecule has 11 rings (SSSR count). The summed E-state index contributed by atoms with van der Waals surface area (Å²) in [4.78, 5) is 2.36. The van der Waals surface area contributed by atoms with Crippen LogP contribution in [0.5, 0.6) is 0 Å². The summed E-state index contributed by atoms with van der Waals surface area (Å²) in [7, 11) is 0. The molecule has 0 saturated carbocycles. The Morgan fingerprint density at radius 1 is 0.219 bits per heavy atom. The lowest BCUT2D eigenvalue weighted by Gasteiger charge is -2.26. The van der Waals surface area contributed by atoms with E-state index in [-0.39, 0.29) is 0 Å². The first-order valence-corrected chi connectivity index (χ1v) is 25.3. The molecule has 11 aromatic carbocycles. The minimum Gasteiger partial charge on any atom is -0.311 e. The average Bonchev–Trinajstić information content (AvgIpc) is 3.48. The Kier molecular flexibility index (Phi) is 13.8. The fourth-order valence-corrected chi connectivity index (χ4v) is 10.0. The van der Waals surface area contributed by atoms with Crippen LogP contribution in [0.25, 0.3) is 44.5 Å². The Balaban J connectivity index is 0.913. The van der Waals surface area contributed by atoms with Crippen molar-refractivity contribution < 1.29 is 0 Å². The van der Waals surface area contributed by atoms with Gasteiger partial charge in [0.15, 0.2) is 0 Å². The summed E-state index contributed by atoms with van der Waals surface area (Å²) in [5.41, 5.74) is 23.6. The molecule has 0 spiro atoms. The van der Waals surface area contributed by atoms with Crippen molar-refractivity contribution in [2.45, 2.75) is 13.3 Å². The van der Waals surface area contributed by atoms with Crippen molar-refractivity contribution in [3.05, 3.63) is 353 Å². The zero-order chi connectivity index (χ0) is 49.2. The van der Waals surface area contributed by atoms with Gasteiger partial charge in [-0.3, -0.25) is 0 Å². The van der Waals surface area contributed by atoms with E-state index in [1.165, 1.54) is 83.5 Å². The molecule has 11 aromatic rings. The Morgan fingerprint density at radius 3 is 0.630 bits per heavy atom. The minimum atomic E-state index is 0.992. The van der Waals surface area contributed by atoms with E-state index in [0.29, 0.717) is 0 Å². The van der Waals surface area contributed by atoms with Crippen LogP contribution >= 0.6 is 0 Å². The largest absolute Gasteiger partial charge is 0.311 e. The second-order valence-corrected chi connectivity index (χ2v) is 18.3. The molecule has 0 aliphatic carbocycles. The van der Waals surface area contributed by atoms with Crippen LogP contribution in [-0.4, -0.2) is 0 Å². The van der Waals surface area contributed by atoms with Crippen molar-refractivity contribution in [3.63, 3.8) is 0 Å². The summed E-state index contributed by atoms with van der Waals surface area (Å²) in [6, 6.07) is 110. The van der Waals surface area contributed by atoms with Gasteiger partial charge < -0.3 is 4.90 Å². The highest BCUT2D eigenvalue weighted by Crippen LogP contribution is 2.41. The summed E-state index contributed by atoms with van der Waals surface area (Å²) in [5.74, 6) is 0. The number of nitrogens with zero attached hydrogens (tertiary/aromatic N) is 1. The lowest BCUT2D eigenvalue weighted by atomic mass is 9.85. The van der Waals surface area contributed by atoms with Crippen LogP contribution in [0.2, 0.25) is 0 Å². The van der Waals surface area contributed by atoms with Gasteiger partial charge in [-0.15, -0.1) is 0 Å². The molecule has 1 nitrogen and oxygen atoms in total. The zero-order valence-corrected chi connectivity index (χ0v) is 41.0. The second-order valence-electron chi connectivity index (χ2n) is 18.3. The van der Waals surface area contributed by atoms with Crippen LogP contribution in [0.4, 0.5) is 17.1 Å². The second kappa shape index (κ2) is 21.8. The number of benzene rings is 11. The normalized spacial score (nSPS) is 10.9. The quantitative estimate of drug-likeness (QED) is 0.0982. The van der Waals surface area contributed by atoms with Gasteiger partial charge in [0.2, 0.25) is 0 Å². The highest BCUT2D eigenvalue weighted by Gasteiger charge is 2.19. The molecule has 0 heterocycles. The van der Waals surface area contributed by atoms with Gasteiger partial charge in [0, 0.05) is 17.1 Å². The molecule has 73 heavy (non-hydrogen) atoms. The Morgan fingerprint density at radius 2 is 0.411 bits per heavy atom. The van der Waals surface area contributed by atoms with Crippen molar-refractivity contribution in [1.29, 1.82) is 0 Å². The van der Waals surface area contributed by atoms with Crippen molar-refractivity contribution >= 4 is 39.4 Å². The fraction of sp³-hybridized carbons (Fsp3) is 0.0278. The molecule has 0 aromatic heterocycles. The number of hydrogen-bond donors (Lipinski definition) is 0. The number of aryl methyl sites for hydroxylation is 1. The van der Waals surface area contributed by atoms with Gasteiger partial charge in [-0.2, -0.15) is 0 Å². The molecule has 0 fully saturated rings. The van der Waals surface area contributed by atoms with Crippen molar-refractivity contribution in [2.24, 2.45) is 0 Å². The molecule has 0 saturated heterocycles. The first kappa shape index (κ1) is 46.1. The van der Waals surface area contributed by atoms with E-state index < -0.39 is 0 Å². The van der Waals surface area contributed by atoms with Crippen LogP contribution < -0.4 is 4.90 Å². The topological polar surface area (TPSA) is 3.24 Å². The predicted octanol–water partition coefficient (Wildman–Crippen LogP) is 19.1. The van der Waals surface area contributed by atoms with E-state index in [1.807, 2.05) is 0 Å². The van der Waals surface area contributed by atoms with Gasteiger partial charge in [0.05, 0.1) is 0 Å². The van der Waals surface area contributed by atoms with Crippen LogP contribution in [0.3, 0.4) is 0 Å². The highest BCUT2D eigenvalue weighted by atomic mass is 15.1. The van der Waals surface area contributed by atoms with Crippen LogP contribution in [0.1, 0.15) is 57.0 Å². The average molecular weight is 934 g/mol. The highest BCUT2D eigenvalue weighted by molar-refractivity contribution is 6.06. The SMILES string of the molecule is CCc1ccc(N(c2ccc(-c3ccc(C(=C(c4ccccc4)c4ccccc4)c4ccccc4)cc3)cc2)c2ccc(-c3ccc(C(=C(c4ccccc4)c4ccccc4)c4ccccc4)cc3)cc2)cc1. The summed E-state index contributed by atoms with van der Waals surface area (Å²) in [6.45, 7) is 2.21. The van der Waals surface area contributed by atoms with E-state index in [4.69, 9.17) is 0 Å². The standard InChI is InChI=1S/C72H55N/c1-2-53-33-47-66(48-34-53)73(67-49-43-56(44-50-67)54-35-39-64(40-36-54)71(62-29-17-7-18-30-62)69(58-21-9-3-10-22-58)59-23-11-4-12-24-59)68-51-45-57(46-52-68)55-37-41-65(42-38-55)72(63-31-19-8-20-32-63)70(60-25-13-5-14-26-60)61-27-15-6-16-28-61/h3-52H,2H2,1H3. The van der Waals surface area contributed by atoms with Crippen LogP contribution in [0.15, 0.2) is 303 Å². The van der Waals surface area contributed by atoms with Crippen molar-refractivity contribution in [3.8, 4) is 22.3 Å². The van der Waals surface area contributed by atoms with E-state index in [0.717, 1.165) is 34.6 Å². The third-order valence-corrected chi connectivity index (χ3v) is 13.7. The molecule has 0 aliphatic heterocycles. The molecule has 0 N–H and O–H groups in total. The Labute approximate surface area is 431 Å². The minimum absolute atomic E-state index is 0.992. The Bertz CT molecular complexity index is 3280. The molecule has 0 aliphatic rings. The maximum absolute atomic E-state index is 2.36. The first-order chi connectivity index (χ1) is 36.2. The summed E-state index contributed by atoms with van der Waals surface area (Å²) in [6.07, 6.45) is 0.992. The smallest absolute Gasteiger partial charge is 0.0462 e. The third kappa shape index (κ3) is 10.2. The first-order valence-electron chi connectivity index (χ1n) is 25.3. The molecule has 0 unspecified atom stereocenters. The van der Waals surface area contributed by atoms with Gasteiger partial charge in [-0.25, -0.2) is 0 Å². The van der Waals surface area contributed by atoms with Crippen LogP contribution in [0, 0.1) is 0 Å². The fourth-order valence-electron chi connectivity index (χ4n) is 10.0. The van der Waals surface area contributed by atoms with Gasteiger partial charge in [-0.05, 0) is 137 Å². The summed E-state index contributed by atoms with van der Waals surface area (Å²) < 4.78 is 0. The molecule has 0 atom stereocenters. The molecule has 0 bridgehead atoms. The molecular formula is C72H55N. The van der Waals surface area contributed by atoms with Gasteiger partial charge >= 0.3 is 0 Å². The molecular weight excluding hydrogens is 879 g/mol. The van der Waals surface area contributed by atoms with E-state index in [2.05, 4.69) is 315 Å². The Hall–Kier alpha value is -9.30. The van der Waals surface area contributed by atoms with Crippen LogP contribution in [-0.2, 0) is 6.42 Å². The van der Waals surface area contributed by atoms with Crippen molar-refractivity contribution in [2.75, 3.05) is 4.90 Å². The van der Waals surface area contributed by atoms with Gasteiger partial charge in [0.25, 0.3) is 0 Å². The molecule has 0 radical (unpaired) electrons. The number of anilines is 3. The van der Waals surface area contributed by atoms with Crippen molar-refractivity contribution in [1.82, 2.24) is 0 Å². The maximum atomic E-state index is 2.36. The summed E-state index contributed by atoms with van der Waals surface area (Å²) in [5, 5.41) is 0. The molecule has 1 heteroatoms. The molecule has 0 amide bonds. The lowest BCUT2D eigenvalue weighted by molar-refractivity contribution is 1.14. The van der Waals surface area contributed by atoms with Gasteiger partial charge in [-0.1, -0.05) is 274 Å². The lowest BCUT2D eigenvalue weighted by Crippen LogP contribution is -2.10. The molecule has 348 valence electrons.